The van der Waals surface area contributed by atoms with Crippen molar-refractivity contribution in [3.05, 3.63) is 0 Å². The second-order valence-corrected chi connectivity index (χ2v) is 5.38. The lowest BCUT2D eigenvalue weighted by Crippen LogP contribution is -2.55. The average molecular weight is 280 g/mol. The van der Waals surface area contributed by atoms with Gasteiger partial charge in [0.1, 0.15) is 0 Å². The minimum Gasteiger partial charge on any atom is -0.378 e. The first kappa shape index (κ1) is 14.6. The lowest BCUT2D eigenvalue weighted by Gasteiger charge is -2.34. The van der Waals surface area contributed by atoms with Gasteiger partial charge in [-0.1, -0.05) is 0 Å². The van der Waals surface area contributed by atoms with E-state index in [0.29, 0.717) is 19.4 Å². The third-order valence-corrected chi connectivity index (χ3v) is 3.95. The highest BCUT2D eigenvalue weighted by molar-refractivity contribution is 5.84. The molecule has 2 aliphatic rings. The van der Waals surface area contributed by atoms with Crippen LogP contribution in [0.5, 0.6) is 0 Å². The SMILES string of the molecule is CC1CC(NC(=O)C2(C(F)(F)F)CCNC2)CCO1. The van der Waals surface area contributed by atoms with Crippen molar-refractivity contribution in [2.75, 3.05) is 19.7 Å². The standard InChI is InChI=1S/C12H19F3N2O2/c1-8-6-9(2-5-19-8)17-10(18)11(12(13,14)15)3-4-16-7-11/h8-9,16H,2-7H2,1H3,(H,17,18). The van der Waals surface area contributed by atoms with Gasteiger partial charge < -0.3 is 15.4 Å². The number of amides is 1. The zero-order valence-corrected chi connectivity index (χ0v) is 10.8. The summed E-state index contributed by atoms with van der Waals surface area (Å²) < 4.78 is 44.8. The van der Waals surface area contributed by atoms with E-state index in [2.05, 4.69) is 10.6 Å². The molecule has 2 N–H and O–H groups in total. The molecule has 0 aromatic rings. The highest BCUT2D eigenvalue weighted by atomic mass is 19.4. The first-order valence-electron chi connectivity index (χ1n) is 6.55. The molecule has 0 saturated carbocycles. The second-order valence-electron chi connectivity index (χ2n) is 5.38. The number of hydrogen-bond acceptors (Lipinski definition) is 3. The van der Waals surface area contributed by atoms with Crippen molar-refractivity contribution in [3.8, 4) is 0 Å². The second kappa shape index (κ2) is 5.28. The monoisotopic (exact) mass is 280 g/mol. The van der Waals surface area contributed by atoms with Crippen molar-refractivity contribution in [2.24, 2.45) is 5.41 Å². The number of hydrogen-bond donors (Lipinski definition) is 2. The van der Waals surface area contributed by atoms with E-state index >= 15 is 0 Å². The van der Waals surface area contributed by atoms with Crippen LogP contribution in [0.4, 0.5) is 13.2 Å². The summed E-state index contributed by atoms with van der Waals surface area (Å²) in [6, 6.07) is -0.226. The Morgan fingerprint density at radius 1 is 1.47 bits per heavy atom. The average Bonchev–Trinajstić information content (AvgIpc) is 2.78. The minimum absolute atomic E-state index is 0.0254. The van der Waals surface area contributed by atoms with E-state index in [4.69, 9.17) is 4.74 Å². The van der Waals surface area contributed by atoms with E-state index in [0.717, 1.165) is 0 Å². The van der Waals surface area contributed by atoms with Gasteiger partial charge in [0, 0.05) is 19.2 Å². The van der Waals surface area contributed by atoms with Crippen LogP contribution in [0.3, 0.4) is 0 Å². The Balaban J connectivity index is 2.04. The number of nitrogens with one attached hydrogen (secondary N) is 2. The van der Waals surface area contributed by atoms with Crippen LogP contribution >= 0.6 is 0 Å². The van der Waals surface area contributed by atoms with Crippen LogP contribution in [0.15, 0.2) is 0 Å². The molecule has 2 fully saturated rings. The zero-order chi connectivity index (χ0) is 14.1. The summed E-state index contributed by atoms with van der Waals surface area (Å²) in [4.78, 5) is 12.1. The van der Waals surface area contributed by atoms with E-state index in [9.17, 15) is 18.0 Å². The lowest BCUT2D eigenvalue weighted by atomic mass is 9.84. The Labute approximate surface area is 110 Å². The summed E-state index contributed by atoms with van der Waals surface area (Å²) in [6.07, 6.45) is -3.61. The van der Waals surface area contributed by atoms with Crippen molar-refractivity contribution >= 4 is 5.91 Å². The summed E-state index contributed by atoms with van der Waals surface area (Å²) in [6.45, 7) is 2.22. The summed E-state index contributed by atoms with van der Waals surface area (Å²) in [7, 11) is 0. The van der Waals surface area contributed by atoms with Crippen molar-refractivity contribution < 1.29 is 22.7 Å². The predicted octanol–water partition coefficient (Wildman–Crippen LogP) is 1.21. The maximum atomic E-state index is 13.2. The van der Waals surface area contributed by atoms with Crippen LogP contribution < -0.4 is 10.6 Å². The third-order valence-electron chi connectivity index (χ3n) is 3.95. The van der Waals surface area contributed by atoms with Gasteiger partial charge in [-0.05, 0) is 32.7 Å². The summed E-state index contributed by atoms with van der Waals surface area (Å²) in [5.74, 6) is -0.899. The number of alkyl halides is 3. The molecule has 110 valence electrons. The minimum atomic E-state index is -4.52. The molecule has 0 spiro atoms. The van der Waals surface area contributed by atoms with Crippen LogP contribution in [0.25, 0.3) is 0 Å². The molecule has 2 aliphatic heterocycles. The molecule has 4 nitrogen and oxygen atoms in total. The fraction of sp³-hybridized carbons (Fsp3) is 0.917. The van der Waals surface area contributed by atoms with Crippen LogP contribution in [0.1, 0.15) is 26.2 Å². The number of carbonyl (C=O) groups excluding carboxylic acids is 1. The molecule has 0 bridgehead atoms. The first-order chi connectivity index (χ1) is 8.85. The first-order valence-corrected chi connectivity index (χ1v) is 6.55. The Morgan fingerprint density at radius 3 is 2.74 bits per heavy atom. The molecular weight excluding hydrogens is 261 g/mol. The van der Waals surface area contributed by atoms with Gasteiger partial charge in [0.15, 0.2) is 5.41 Å². The molecule has 7 heteroatoms. The third kappa shape index (κ3) is 2.86. The van der Waals surface area contributed by atoms with Gasteiger partial charge in [0.05, 0.1) is 6.10 Å². The maximum Gasteiger partial charge on any atom is 0.404 e. The van der Waals surface area contributed by atoms with Crippen LogP contribution in [0, 0.1) is 5.41 Å². The number of rotatable bonds is 2. The smallest absolute Gasteiger partial charge is 0.378 e. The normalized spacial score (nSPS) is 36.2. The lowest BCUT2D eigenvalue weighted by molar-refractivity contribution is -0.216. The molecule has 1 amide bonds. The van der Waals surface area contributed by atoms with Crippen molar-refractivity contribution in [1.82, 2.24) is 10.6 Å². The van der Waals surface area contributed by atoms with Gasteiger partial charge >= 0.3 is 6.18 Å². The summed E-state index contributed by atoms with van der Waals surface area (Å²) in [5, 5.41) is 5.20. The molecule has 0 radical (unpaired) electrons. The van der Waals surface area contributed by atoms with Gasteiger partial charge in [0.25, 0.3) is 0 Å². The van der Waals surface area contributed by atoms with Gasteiger partial charge in [-0.25, -0.2) is 0 Å². The molecule has 2 rings (SSSR count). The molecule has 0 aromatic heterocycles. The van der Waals surface area contributed by atoms with E-state index in [1.807, 2.05) is 6.92 Å². The number of carbonyl (C=O) groups is 1. The van der Waals surface area contributed by atoms with E-state index < -0.39 is 17.5 Å². The number of halogens is 3. The number of ether oxygens (including phenoxy) is 1. The molecular formula is C12H19F3N2O2. The highest BCUT2D eigenvalue weighted by Gasteiger charge is 2.61. The Hall–Kier alpha value is -0.820. The molecule has 3 unspecified atom stereocenters. The van der Waals surface area contributed by atoms with Gasteiger partial charge in [0.2, 0.25) is 5.91 Å². The molecule has 0 aliphatic carbocycles. The van der Waals surface area contributed by atoms with E-state index in [1.54, 1.807) is 0 Å². The quantitative estimate of drug-likeness (QED) is 0.799. The van der Waals surface area contributed by atoms with E-state index in [-0.39, 0.29) is 31.7 Å². The fourth-order valence-electron chi connectivity index (χ4n) is 2.71. The molecule has 0 aromatic carbocycles. The topological polar surface area (TPSA) is 50.4 Å². The van der Waals surface area contributed by atoms with Crippen LogP contribution in [-0.4, -0.2) is 43.9 Å². The van der Waals surface area contributed by atoms with Crippen molar-refractivity contribution in [2.45, 2.75) is 44.5 Å². The molecule has 2 saturated heterocycles. The predicted molar refractivity (Wildman–Crippen MR) is 62.6 cm³/mol. The molecule has 19 heavy (non-hydrogen) atoms. The summed E-state index contributed by atoms with van der Waals surface area (Å²) in [5.41, 5.74) is -2.27. The molecule has 3 atom stereocenters. The summed E-state index contributed by atoms with van der Waals surface area (Å²) >= 11 is 0. The molecule has 2 heterocycles. The largest absolute Gasteiger partial charge is 0.404 e. The van der Waals surface area contributed by atoms with Crippen LogP contribution in [-0.2, 0) is 9.53 Å². The zero-order valence-electron chi connectivity index (χ0n) is 10.8. The Morgan fingerprint density at radius 2 is 2.21 bits per heavy atom. The van der Waals surface area contributed by atoms with Crippen LogP contribution in [0.2, 0.25) is 0 Å². The van der Waals surface area contributed by atoms with Gasteiger partial charge in [-0.15, -0.1) is 0 Å². The Kier molecular flexibility index (Phi) is 4.06. The fourth-order valence-corrected chi connectivity index (χ4v) is 2.71. The maximum absolute atomic E-state index is 13.2. The van der Waals surface area contributed by atoms with E-state index in [1.165, 1.54) is 0 Å². The van der Waals surface area contributed by atoms with Crippen molar-refractivity contribution in [3.63, 3.8) is 0 Å². The highest BCUT2D eigenvalue weighted by Crippen LogP contribution is 2.43. The Bertz CT molecular complexity index is 340. The van der Waals surface area contributed by atoms with Crippen molar-refractivity contribution in [1.29, 1.82) is 0 Å². The van der Waals surface area contributed by atoms with Gasteiger partial charge in [-0.2, -0.15) is 13.2 Å². The van der Waals surface area contributed by atoms with Gasteiger partial charge in [-0.3, -0.25) is 4.79 Å².